The number of rotatable bonds is 4. The first-order chi connectivity index (χ1) is 12.5. The maximum atomic E-state index is 13.1. The van der Waals surface area contributed by atoms with Gasteiger partial charge in [-0.1, -0.05) is 30.3 Å². The van der Waals surface area contributed by atoms with Gasteiger partial charge >= 0.3 is 0 Å². The van der Waals surface area contributed by atoms with Crippen molar-refractivity contribution in [2.24, 2.45) is 5.84 Å². The Morgan fingerprint density at radius 3 is 2.69 bits per heavy atom. The predicted octanol–water partition coefficient (Wildman–Crippen LogP) is 2.46. The number of nitrogens with one attached hydrogen (secondary N) is 1. The van der Waals surface area contributed by atoms with E-state index in [1.165, 1.54) is 11.3 Å². The zero-order valence-electron chi connectivity index (χ0n) is 13.6. The lowest BCUT2D eigenvalue weighted by Gasteiger charge is -2.18. The molecule has 0 amide bonds. The molecule has 0 aliphatic heterocycles. The van der Waals surface area contributed by atoms with E-state index >= 15 is 0 Å². The van der Waals surface area contributed by atoms with Crippen LogP contribution in [0.2, 0.25) is 0 Å². The van der Waals surface area contributed by atoms with Gasteiger partial charge in [-0.15, -0.1) is 21.5 Å². The van der Waals surface area contributed by atoms with Gasteiger partial charge in [0.15, 0.2) is 0 Å². The fourth-order valence-corrected chi connectivity index (χ4v) is 5.63. The van der Waals surface area contributed by atoms with Crippen LogP contribution in [0.3, 0.4) is 0 Å². The number of thiophene rings is 1. The van der Waals surface area contributed by atoms with E-state index in [0.29, 0.717) is 22.6 Å². The molecule has 0 saturated heterocycles. The van der Waals surface area contributed by atoms with Gasteiger partial charge in [-0.25, -0.2) is 10.3 Å². The van der Waals surface area contributed by atoms with Crippen molar-refractivity contribution in [3.05, 3.63) is 54.1 Å². The molecule has 2 aromatic heterocycles. The molecular weight excluding hydrogens is 372 g/mol. The van der Waals surface area contributed by atoms with Gasteiger partial charge in [0.25, 0.3) is 10.0 Å². The van der Waals surface area contributed by atoms with Crippen LogP contribution in [-0.4, -0.2) is 29.0 Å². The molecule has 0 saturated carbocycles. The fourth-order valence-electron chi connectivity index (χ4n) is 2.69. The predicted molar refractivity (Wildman–Crippen MR) is 100 cm³/mol. The van der Waals surface area contributed by atoms with Crippen LogP contribution in [0, 0.1) is 6.92 Å². The number of aromatic nitrogens is 4. The molecule has 2 aromatic carbocycles. The van der Waals surface area contributed by atoms with Crippen molar-refractivity contribution >= 4 is 37.1 Å². The van der Waals surface area contributed by atoms with E-state index in [2.05, 4.69) is 20.6 Å². The summed E-state index contributed by atoms with van der Waals surface area (Å²) in [5.41, 5.74) is 1.61. The highest BCUT2D eigenvalue weighted by molar-refractivity contribution is 7.94. The van der Waals surface area contributed by atoms with Crippen molar-refractivity contribution in [1.29, 1.82) is 0 Å². The zero-order valence-corrected chi connectivity index (χ0v) is 15.3. The molecule has 0 aliphatic rings. The van der Waals surface area contributed by atoms with Crippen LogP contribution in [0.25, 0.3) is 21.5 Å². The average Bonchev–Trinajstić information content (AvgIpc) is 3.30. The summed E-state index contributed by atoms with van der Waals surface area (Å²) in [5.74, 6) is 6.36. The zero-order chi connectivity index (χ0) is 18.3. The van der Waals surface area contributed by atoms with Gasteiger partial charge in [0.1, 0.15) is 4.21 Å². The molecule has 0 fully saturated rings. The fraction of sp³-hybridized carbons (Fsp3) is 0.0625. The third kappa shape index (κ3) is 2.64. The van der Waals surface area contributed by atoms with Gasteiger partial charge in [-0.2, -0.15) is 13.6 Å². The Morgan fingerprint density at radius 1 is 1.15 bits per heavy atom. The molecule has 4 aromatic rings. The van der Waals surface area contributed by atoms with Gasteiger partial charge in [-0.3, -0.25) is 0 Å². The Balaban J connectivity index is 1.78. The summed E-state index contributed by atoms with van der Waals surface area (Å²) in [4.78, 5) is 0. The van der Waals surface area contributed by atoms with Crippen molar-refractivity contribution < 1.29 is 8.42 Å². The van der Waals surface area contributed by atoms with E-state index in [4.69, 9.17) is 5.84 Å². The Bertz CT molecular complexity index is 1180. The molecule has 3 N–H and O–H groups in total. The summed E-state index contributed by atoms with van der Waals surface area (Å²) >= 11 is 1.21. The molecule has 132 valence electrons. The van der Waals surface area contributed by atoms with Crippen molar-refractivity contribution in [1.82, 2.24) is 20.6 Å². The van der Waals surface area contributed by atoms with Gasteiger partial charge in [0, 0.05) is 10.3 Å². The second kappa shape index (κ2) is 6.16. The molecule has 0 aliphatic carbocycles. The normalized spacial score (nSPS) is 11.8. The summed E-state index contributed by atoms with van der Waals surface area (Å²) in [5, 5.41) is 14.6. The standard InChI is InChI=1S/C16H14N6O2S2/c1-10-13-7-2-3-8-14(13)25-16(10)26(23,24)22(17)12-6-4-5-11(9-12)15-18-20-21-19-15/h2-9H,17H2,1H3,(H,18,19,20,21). The molecule has 4 rings (SSSR count). The maximum Gasteiger partial charge on any atom is 0.287 e. The lowest BCUT2D eigenvalue weighted by molar-refractivity contribution is 0.593. The first kappa shape index (κ1) is 16.6. The van der Waals surface area contributed by atoms with Gasteiger partial charge < -0.3 is 0 Å². The minimum absolute atomic E-state index is 0.228. The first-order valence-corrected chi connectivity index (χ1v) is 9.86. The molecule has 0 spiro atoms. The van der Waals surface area contributed by atoms with Crippen molar-refractivity contribution in [3.63, 3.8) is 0 Å². The first-order valence-electron chi connectivity index (χ1n) is 7.60. The van der Waals surface area contributed by atoms with Crippen LogP contribution in [0.1, 0.15) is 5.56 Å². The number of benzene rings is 2. The van der Waals surface area contributed by atoms with Crippen LogP contribution in [0.15, 0.2) is 52.7 Å². The number of aromatic amines is 1. The number of hydrogen-bond acceptors (Lipinski definition) is 7. The smallest absolute Gasteiger partial charge is 0.233 e. The third-order valence-corrected chi connectivity index (χ3v) is 7.45. The number of H-pyrrole nitrogens is 1. The number of sulfonamides is 1. The highest BCUT2D eigenvalue weighted by Crippen LogP contribution is 2.36. The number of hydrogen-bond donors (Lipinski definition) is 2. The van der Waals surface area contributed by atoms with Gasteiger partial charge in [0.05, 0.1) is 5.69 Å². The number of fused-ring (bicyclic) bond motifs is 1. The highest BCUT2D eigenvalue weighted by atomic mass is 32.2. The van der Waals surface area contributed by atoms with Crippen molar-refractivity contribution in [2.75, 3.05) is 4.41 Å². The molecule has 0 atom stereocenters. The molecule has 2 heterocycles. The van der Waals surface area contributed by atoms with E-state index < -0.39 is 10.0 Å². The van der Waals surface area contributed by atoms with Crippen LogP contribution in [-0.2, 0) is 10.0 Å². The van der Waals surface area contributed by atoms with Gasteiger partial charge in [0.2, 0.25) is 5.82 Å². The largest absolute Gasteiger partial charge is 0.287 e. The molecule has 0 unspecified atom stereocenters. The van der Waals surface area contributed by atoms with E-state index in [0.717, 1.165) is 14.5 Å². The van der Waals surface area contributed by atoms with E-state index in [1.54, 1.807) is 31.2 Å². The van der Waals surface area contributed by atoms with Crippen LogP contribution in [0.5, 0.6) is 0 Å². The monoisotopic (exact) mass is 386 g/mol. The van der Waals surface area contributed by atoms with Crippen LogP contribution in [0.4, 0.5) is 5.69 Å². The molecular formula is C16H14N6O2S2. The Hall–Kier alpha value is -2.82. The Labute approximate surface area is 153 Å². The van der Waals surface area contributed by atoms with E-state index in [-0.39, 0.29) is 4.21 Å². The SMILES string of the molecule is Cc1c(S(=O)(=O)N(N)c2cccc(-c3nn[nH]n3)c2)sc2ccccc12. The van der Waals surface area contributed by atoms with Gasteiger partial charge in [-0.05, 0) is 41.3 Å². The highest BCUT2D eigenvalue weighted by Gasteiger charge is 2.27. The van der Waals surface area contributed by atoms with E-state index in [9.17, 15) is 8.42 Å². The molecule has 8 nitrogen and oxygen atoms in total. The summed E-state index contributed by atoms with van der Waals surface area (Å²) in [6.07, 6.45) is 0. The second-order valence-electron chi connectivity index (χ2n) is 5.60. The second-order valence-corrected chi connectivity index (χ2v) is 8.66. The number of nitrogens with zero attached hydrogens (tertiary/aromatic N) is 4. The van der Waals surface area contributed by atoms with Crippen molar-refractivity contribution in [2.45, 2.75) is 11.1 Å². The number of anilines is 1. The molecule has 10 heteroatoms. The molecule has 0 radical (unpaired) electrons. The lowest BCUT2D eigenvalue weighted by atomic mass is 10.2. The number of aryl methyl sites for hydroxylation is 1. The Morgan fingerprint density at radius 2 is 1.96 bits per heavy atom. The third-order valence-electron chi connectivity index (χ3n) is 4.00. The lowest BCUT2D eigenvalue weighted by Crippen LogP contribution is -2.37. The summed E-state index contributed by atoms with van der Waals surface area (Å²) < 4.78 is 28.1. The topological polar surface area (TPSA) is 118 Å². The number of hydrazine groups is 1. The average molecular weight is 386 g/mol. The minimum atomic E-state index is -3.90. The summed E-state index contributed by atoms with van der Waals surface area (Å²) in [6.45, 7) is 1.79. The maximum absolute atomic E-state index is 13.1. The Kier molecular flexibility index (Phi) is 3.94. The van der Waals surface area contributed by atoms with Crippen LogP contribution >= 0.6 is 11.3 Å². The number of nitrogens with two attached hydrogens (primary N) is 1. The molecule has 26 heavy (non-hydrogen) atoms. The summed E-state index contributed by atoms with van der Waals surface area (Å²) in [7, 11) is -3.90. The van der Waals surface area contributed by atoms with E-state index in [1.807, 2.05) is 24.3 Å². The summed E-state index contributed by atoms with van der Waals surface area (Å²) in [6, 6.07) is 14.2. The molecule has 0 bridgehead atoms. The van der Waals surface area contributed by atoms with Crippen LogP contribution < -0.4 is 10.3 Å². The van der Waals surface area contributed by atoms with Crippen molar-refractivity contribution in [3.8, 4) is 11.4 Å². The number of tetrazole rings is 1. The minimum Gasteiger partial charge on any atom is -0.233 e. The quantitative estimate of drug-likeness (QED) is 0.411.